The van der Waals surface area contributed by atoms with Gasteiger partial charge in [0.25, 0.3) is 0 Å². The van der Waals surface area contributed by atoms with Crippen molar-refractivity contribution in [2.24, 2.45) is 5.73 Å². The molecule has 1 rings (SSSR count). The highest BCUT2D eigenvalue weighted by Gasteiger charge is 2.08. The van der Waals surface area contributed by atoms with Crippen LogP contribution in [0, 0.1) is 12.3 Å². The number of terminal acetylenes is 1. The van der Waals surface area contributed by atoms with Crippen LogP contribution >= 0.6 is 0 Å². The van der Waals surface area contributed by atoms with Crippen molar-refractivity contribution in [1.82, 2.24) is 0 Å². The summed E-state index contributed by atoms with van der Waals surface area (Å²) in [6.07, 6.45) is 7.29. The van der Waals surface area contributed by atoms with Crippen LogP contribution < -0.4 is 5.73 Å². The maximum atomic E-state index is 11.4. The Morgan fingerprint density at radius 1 is 1.31 bits per heavy atom. The third kappa shape index (κ3) is 4.29. The van der Waals surface area contributed by atoms with Crippen molar-refractivity contribution in [1.29, 1.82) is 0 Å². The lowest BCUT2D eigenvalue weighted by Crippen LogP contribution is -2.12. The summed E-state index contributed by atoms with van der Waals surface area (Å²) in [5.74, 6) is 2.66. The third-order valence-electron chi connectivity index (χ3n) is 2.51. The Labute approximate surface area is 96.9 Å². The first-order valence-corrected chi connectivity index (χ1v) is 5.49. The summed E-state index contributed by atoms with van der Waals surface area (Å²) in [6.45, 7) is 0. The molecule has 0 radical (unpaired) electrons. The number of rotatable bonds is 6. The molecule has 1 aromatic rings. The molecule has 2 heteroatoms. The lowest BCUT2D eigenvalue weighted by molar-refractivity contribution is -0.119. The van der Waals surface area contributed by atoms with E-state index in [0.29, 0.717) is 25.7 Å². The molecule has 0 bridgehead atoms. The first-order valence-electron chi connectivity index (χ1n) is 5.49. The molecule has 0 spiro atoms. The SMILES string of the molecule is C#CCCC(=O)CCC(N)c1ccccc1. The molecule has 1 atom stereocenters. The number of carbonyl (C=O) groups excluding carboxylic acids is 1. The molecule has 0 heterocycles. The van der Waals surface area contributed by atoms with Crippen molar-refractivity contribution in [2.75, 3.05) is 0 Å². The molecule has 84 valence electrons. The van der Waals surface area contributed by atoms with Gasteiger partial charge in [0.1, 0.15) is 5.78 Å². The summed E-state index contributed by atoms with van der Waals surface area (Å²) in [5, 5.41) is 0. The predicted molar refractivity (Wildman–Crippen MR) is 65.7 cm³/mol. The number of benzene rings is 1. The number of hydrogen-bond donors (Lipinski definition) is 1. The second kappa shape index (κ2) is 6.81. The van der Waals surface area contributed by atoms with Crippen LogP contribution in [0.4, 0.5) is 0 Å². The molecule has 0 aromatic heterocycles. The molecule has 0 saturated heterocycles. The van der Waals surface area contributed by atoms with Crippen LogP contribution in [0.2, 0.25) is 0 Å². The highest BCUT2D eigenvalue weighted by atomic mass is 16.1. The van der Waals surface area contributed by atoms with Gasteiger partial charge in [-0.1, -0.05) is 30.3 Å². The number of nitrogens with two attached hydrogens (primary N) is 1. The smallest absolute Gasteiger partial charge is 0.133 e. The van der Waals surface area contributed by atoms with E-state index in [9.17, 15) is 4.79 Å². The molecule has 0 aliphatic heterocycles. The zero-order chi connectivity index (χ0) is 11.8. The van der Waals surface area contributed by atoms with Gasteiger partial charge in [-0.25, -0.2) is 0 Å². The molecule has 1 aromatic carbocycles. The lowest BCUT2D eigenvalue weighted by Gasteiger charge is -2.10. The lowest BCUT2D eigenvalue weighted by atomic mass is 10.0. The minimum atomic E-state index is -0.0593. The van der Waals surface area contributed by atoms with E-state index < -0.39 is 0 Å². The monoisotopic (exact) mass is 215 g/mol. The molecule has 1 unspecified atom stereocenters. The molecular weight excluding hydrogens is 198 g/mol. The van der Waals surface area contributed by atoms with Gasteiger partial charge in [0.05, 0.1) is 0 Å². The van der Waals surface area contributed by atoms with Crippen LogP contribution in [0.25, 0.3) is 0 Å². The van der Waals surface area contributed by atoms with Gasteiger partial charge in [0.15, 0.2) is 0 Å². The van der Waals surface area contributed by atoms with Crippen LogP contribution in [0.3, 0.4) is 0 Å². The molecule has 0 fully saturated rings. The fourth-order valence-corrected chi connectivity index (χ4v) is 1.52. The van der Waals surface area contributed by atoms with Crippen LogP contribution in [-0.2, 0) is 4.79 Å². The molecule has 0 aliphatic carbocycles. The average Bonchev–Trinajstić information content (AvgIpc) is 2.34. The van der Waals surface area contributed by atoms with Gasteiger partial charge in [-0.05, 0) is 12.0 Å². The Balaban J connectivity index is 2.33. The first-order chi connectivity index (χ1) is 7.74. The van der Waals surface area contributed by atoms with Gasteiger partial charge in [-0.15, -0.1) is 12.3 Å². The average molecular weight is 215 g/mol. The summed E-state index contributed by atoms with van der Waals surface area (Å²) >= 11 is 0. The van der Waals surface area contributed by atoms with Crippen LogP contribution in [0.5, 0.6) is 0 Å². The summed E-state index contributed by atoms with van der Waals surface area (Å²) < 4.78 is 0. The fraction of sp³-hybridized carbons (Fsp3) is 0.357. The van der Waals surface area contributed by atoms with Crippen LogP contribution in [0.15, 0.2) is 30.3 Å². The van der Waals surface area contributed by atoms with Crippen molar-refractivity contribution >= 4 is 5.78 Å². The first kappa shape index (κ1) is 12.5. The fourth-order valence-electron chi connectivity index (χ4n) is 1.52. The minimum Gasteiger partial charge on any atom is -0.324 e. The standard InChI is InChI=1S/C14H17NO/c1-2-3-9-13(16)10-11-14(15)12-7-5-4-6-8-12/h1,4-8,14H,3,9-11,15H2. The number of hydrogen-bond acceptors (Lipinski definition) is 2. The highest BCUT2D eigenvalue weighted by Crippen LogP contribution is 2.15. The summed E-state index contributed by atoms with van der Waals surface area (Å²) in [6, 6.07) is 9.77. The topological polar surface area (TPSA) is 43.1 Å². The van der Waals surface area contributed by atoms with Crippen LogP contribution in [-0.4, -0.2) is 5.78 Å². The van der Waals surface area contributed by atoms with E-state index in [4.69, 9.17) is 12.2 Å². The van der Waals surface area contributed by atoms with E-state index in [1.165, 1.54) is 0 Å². The molecule has 16 heavy (non-hydrogen) atoms. The maximum Gasteiger partial charge on any atom is 0.133 e. The highest BCUT2D eigenvalue weighted by molar-refractivity contribution is 5.78. The van der Waals surface area contributed by atoms with E-state index in [-0.39, 0.29) is 11.8 Å². The Kier molecular flexibility index (Phi) is 5.31. The van der Waals surface area contributed by atoms with Crippen LogP contribution in [0.1, 0.15) is 37.3 Å². The summed E-state index contributed by atoms with van der Waals surface area (Å²) in [4.78, 5) is 11.4. The third-order valence-corrected chi connectivity index (χ3v) is 2.51. The molecule has 0 aliphatic rings. The minimum absolute atomic E-state index is 0.0593. The number of Topliss-reactive ketones (excluding diaryl/α,β-unsaturated/α-hetero) is 1. The van der Waals surface area contributed by atoms with Crippen molar-refractivity contribution < 1.29 is 4.79 Å². The van der Waals surface area contributed by atoms with Gasteiger partial charge in [-0.2, -0.15) is 0 Å². The summed E-state index contributed by atoms with van der Waals surface area (Å²) in [5.41, 5.74) is 7.06. The quantitative estimate of drug-likeness (QED) is 0.741. The van der Waals surface area contributed by atoms with Crippen molar-refractivity contribution in [2.45, 2.75) is 31.7 Å². The number of ketones is 1. The van der Waals surface area contributed by atoms with E-state index in [1.807, 2.05) is 30.3 Å². The Hall–Kier alpha value is -1.59. The molecule has 2 nitrogen and oxygen atoms in total. The zero-order valence-electron chi connectivity index (χ0n) is 9.36. The number of carbonyl (C=O) groups is 1. The Morgan fingerprint density at radius 2 is 2.00 bits per heavy atom. The zero-order valence-corrected chi connectivity index (χ0v) is 9.36. The molecular formula is C14H17NO. The van der Waals surface area contributed by atoms with Gasteiger partial charge in [0.2, 0.25) is 0 Å². The van der Waals surface area contributed by atoms with Crippen molar-refractivity contribution in [3.05, 3.63) is 35.9 Å². The normalized spacial score (nSPS) is 11.8. The second-order valence-electron chi connectivity index (χ2n) is 3.80. The molecule has 0 amide bonds. The Bertz CT molecular complexity index is 364. The largest absolute Gasteiger partial charge is 0.324 e. The van der Waals surface area contributed by atoms with Crippen molar-refractivity contribution in [3.63, 3.8) is 0 Å². The predicted octanol–water partition coefficient (Wildman–Crippen LogP) is 2.45. The molecule has 2 N–H and O–H groups in total. The Morgan fingerprint density at radius 3 is 2.62 bits per heavy atom. The van der Waals surface area contributed by atoms with E-state index in [1.54, 1.807) is 0 Å². The van der Waals surface area contributed by atoms with Gasteiger partial charge >= 0.3 is 0 Å². The van der Waals surface area contributed by atoms with E-state index >= 15 is 0 Å². The summed E-state index contributed by atoms with van der Waals surface area (Å²) in [7, 11) is 0. The molecule has 0 saturated carbocycles. The van der Waals surface area contributed by atoms with Crippen molar-refractivity contribution in [3.8, 4) is 12.3 Å². The van der Waals surface area contributed by atoms with Gasteiger partial charge in [0, 0.05) is 25.3 Å². The second-order valence-corrected chi connectivity index (χ2v) is 3.80. The van der Waals surface area contributed by atoms with E-state index in [2.05, 4.69) is 5.92 Å². The van der Waals surface area contributed by atoms with E-state index in [0.717, 1.165) is 5.56 Å². The van der Waals surface area contributed by atoms with Gasteiger partial charge in [-0.3, -0.25) is 4.79 Å². The maximum absolute atomic E-state index is 11.4. The van der Waals surface area contributed by atoms with Gasteiger partial charge < -0.3 is 5.73 Å².